The molecule has 1 aliphatic heterocycles. The maximum absolute atomic E-state index is 14.0. The van der Waals surface area contributed by atoms with Crippen LogP contribution in [0.4, 0.5) is 0 Å². The van der Waals surface area contributed by atoms with Gasteiger partial charge in [-0.05, 0) is 75.6 Å². The molecule has 3 atom stereocenters. The minimum Gasteiger partial charge on any atom is -0.368 e. The van der Waals surface area contributed by atoms with Crippen LogP contribution < -0.4 is 11.1 Å². The molecule has 1 heterocycles. The first-order valence-corrected chi connectivity index (χ1v) is 13.6. The highest BCUT2D eigenvalue weighted by atomic mass is 16.2. The van der Waals surface area contributed by atoms with Gasteiger partial charge in [-0.2, -0.15) is 0 Å². The van der Waals surface area contributed by atoms with Crippen molar-refractivity contribution in [3.63, 3.8) is 0 Å². The molecule has 6 heteroatoms. The number of likely N-dealkylation sites (N-methyl/N-ethyl adjacent to an activating group) is 2. The molecule has 34 heavy (non-hydrogen) atoms. The molecule has 188 valence electrons. The molecule has 4 rings (SSSR count). The average Bonchev–Trinajstić information content (AvgIpc) is 3.50. The van der Waals surface area contributed by atoms with E-state index in [2.05, 4.69) is 46.3 Å². The summed E-state index contributed by atoms with van der Waals surface area (Å²) in [7, 11) is 1.77. The van der Waals surface area contributed by atoms with Gasteiger partial charge in [0.25, 0.3) is 0 Å². The molecule has 0 bridgehead atoms. The molecule has 1 aromatic carbocycles. The van der Waals surface area contributed by atoms with Crippen LogP contribution >= 0.6 is 0 Å². The van der Waals surface area contributed by atoms with Gasteiger partial charge in [0.1, 0.15) is 0 Å². The summed E-state index contributed by atoms with van der Waals surface area (Å²) in [6.07, 6.45) is 10.7. The first-order valence-electron chi connectivity index (χ1n) is 13.6. The van der Waals surface area contributed by atoms with Crippen LogP contribution in [0.15, 0.2) is 24.3 Å². The third kappa shape index (κ3) is 5.65. The normalized spacial score (nSPS) is 23.3. The molecule has 1 saturated heterocycles. The number of rotatable bonds is 10. The standard InChI is InChI=1S/C28H44N4O2/c1-3-31(24-16-21-12-7-8-13-22(21)17-24)19-23-14-9-15-32(23)28(34)25(18-26(30-2)27(29)33)20-10-5-4-6-11-20/h7-8,12-13,20,23-26,30H,3-6,9-11,14-19H2,1-2H3,(H2,29,33). The van der Waals surface area contributed by atoms with E-state index >= 15 is 0 Å². The second-order valence-corrected chi connectivity index (χ2v) is 10.7. The zero-order valence-electron chi connectivity index (χ0n) is 21.2. The van der Waals surface area contributed by atoms with E-state index in [0.29, 0.717) is 18.4 Å². The first kappa shape index (κ1) is 25.2. The zero-order valence-corrected chi connectivity index (χ0v) is 21.2. The fourth-order valence-corrected chi connectivity index (χ4v) is 6.79. The monoisotopic (exact) mass is 468 g/mol. The lowest BCUT2D eigenvalue weighted by atomic mass is 9.76. The zero-order chi connectivity index (χ0) is 24.1. The Morgan fingerprint density at radius 1 is 1.09 bits per heavy atom. The van der Waals surface area contributed by atoms with Crippen molar-refractivity contribution in [3.8, 4) is 0 Å². The average molecular weight is 469 g/mol. The highest BCUT2D eigenvalue weighted by Crippen LogP contribution is 2.36. The molecule has 0 spiro atoms. The van der Waals surface area contributed by atoms with Crippen LogP contribution in [0, 0.1) is 11.8 Å². The Hall–Kier alpha value is -1.92. The molecule has 6 nitrogen and oxygen atoms in total. The van der Waals surface area contributed by atoms with E-state index in [1.165, 1.54) is 30.4 Å². The van der Waals surface area contributed by atoms with E-state index in [0.717, 1.165) is 58.2 Å². The van der Waals surface area contributed by atoms with Gasteiger partial charge in [-0.25, -0.2) is 0 Å². The molecule has 3 N–H and O–H groups in total. The van der Waals surface area contributed by atoms with E-state index in [1.807, 2.05) is 0 Å². The van der Waals surface area contributed by atoms with Crippen LogP contribution in [0.5, 0.6) is 0 Å². The van der Waals surface area contributed by atoms with Crippen molar-refractivity contribution in [1.82, 2.24) is 15.1 Å². The molecular weight excluding hydrogens is 424 g/mol. The summed E-state index contributed by atoms with van der Waals surface area (Å²) in [5, 5.41) is 3.06. The van der Waals surface area contributed by atoms with Crippen molar-refractivity contribution in [3.05, 3.63) is 35.4 Å². The molecule has 2 amide bonds. The Bertz CT molecular complexity index is 812. The van der Waals surface area contributed by atoms with Crippen molar-refractivity contribution in [2.45, 2.75) is 89.3 Å². The van der Waals surface area contributed by atoms with Crippen molar-refractivity contribution in [2.75, 3.05) is 26.7 Å². The van der Waals surface area contributed by atoms with Gasteiger partial charge in [0.05, 0.1) is 6.04 Å². The van der Waals surface area contributed by atoms with Gasteiger partial charge in [0.15, 0.2) is 0 Å². The Labute approximate surface area is 205 Å². The largest absolute Gasteiger partial charge is 0.368 e. The number of nitrogens with zero attached hydrogens (tertiary/aromatic N) is 2. The predicted octanol–water partition coefficient (Wildman–Crippen LogP) is 3.13. The maximum Gasteiger partial charge on any atom is 0.234 e. The lowest BCUT2D eigenvalue weighted by Gasteiger charge is -2.38. The third-order valence-electron chi connectivity index (χ3n) is 8.78. The lowest BCUT2D eigenvalue weighted by molar-refractivity contribution is -0.140. The van der Waals surface area contributed by atoms with E-state index in [9.17, 15) is 9.59 Å². The van der Waals surface area contributed by atoms with E-state index in [-0.39, 0.29) is 23.8 Å². The van der Waals surface area contributed by atoms with Crippen LogP contribution in [0.1, 0.15) is 69.4 Å². The molecule has 3 unspecified atom stereocenters. The molecule has 1 saturated carbocycles. The Morgan fingerprint density at radius 2 is 1.76 bits per heavy atom. The number of likely N-dealkylation sites (tertiary alicyclic amines) is 1. The quantitative estimate of drug-likeness (QED) is 0.553. The van der Waals surface area contributed by atoms with Crippen molar-refractivity contribution in [1.29, 1.82) is 0 Å². The summed E-state index contributed by atoms with van der Waals surface area (Å²) in [5.74, 6) is 0.162. The molecule has 2 aliphatic carbocycles. The van der Waals surface area contributed by atoms with E-state index in [1.54, 1.807) is 7.05 Å². The summed E-state index contributed by atoms with van der Waals surface area (Å²) in [4.78, 5) is 30.8. The van der Waals surface area contributed by atoms with Crippen molar-refractivity contribution in [2.24, 2.45) is 17.6 Å². The Balaban J connectivity index is 1.46. The van der Waals surface area contributed by atoms with E-state index in [4.69, 9.17) is 5.73 Å². The topological polar surface area (TPSA) is 78.7 Å². The molecule has 1 aromatic rings. The number of hydrogen-bond acceptors (Lipinski definition) is 4. The highest BCUT2D eigenvalue weighted by Gasteiger charge is 2.40. The van der Waals surface area contributed by atoms with Gasteiger partial charge < -0.3 is 16.0 Å². The van der Waals surface area contributed by atoms with Gasteiger partial charge in [-0.3, -0.25) is 14.5 Å². The Morgan fingerprint density at radius 3 is 2.35 bits per heavy atom. The highest BCUT2D eigenvalue weighted by molar-refractivity contribution is 5.83. The first-order chi connectivity index (χ1) is 16.5. The number of primary amides is 1. The van der Waals surface area contributed by atoms with Gasteiger partial charge in [-0.15, -0.1) is 0 Å². The summed E-state index contributed by atoms with van der Waals surface area (Å²) >= 11 is 0. The van der Waals surface area contributed by atoms with Crippen LogP contribution in [-0.4, -0.2) is 66.4 Å². The van der Waals surface area contributed by atoms with E-state index < -0.39 is 6.04 Å². The summed E-state index contributed by atoms with van der Waals surface area (Å²) in [5.41, 5.74) is 8.62. The molecule has 0 radical (unpaired) electrons. The molecule has 2 fully saturated rings. The number of nitrogens with two attached hydrogens (primary N) is 1. The second-order valence-electron chi connectivity index (χ2n) is 10.7. The van der Waals surface area contributed by atoms with Crippen LogP contribution in [0.25, 0.3) is 0 Å². The number of benzene rings is 1. The van der Waals surface area contributed by atoms with Crippen molar-refractivity contribution < 1.29 is 9.59 Å². The minimum atomic E-state index is -0.443. The smallest absolute Gasteiger partial charge is 0.234 e. The van der Waals surface area contributed by atoms with Crippen LogP contribution in [-0.2, 0) is 22.4 Å². The van der Waals surface area contributed by atoms with Gasteiger partial charge in [0, 0.05) is 31.1 Å². The van der Waals surface area contributed by atoms with Crippen molar-refractivity contribution >= 4 is 11.8 Å². The number of fused-ring (bicyclic) bond motifs is 1. The van der Waals surface area contributed by atoms with Gasteiger partial charge in [0.2, 0.25) is 11.8 Å². The summed E-state index contributed by atoms with van der Waals surface area (Å²) < 4.78 is 0. The second kappa shape index (κ2) is 11.7. The SMILES string of the molecule is CCN(CC1CCCN1C(=O)C(CC(NC)C(N)=O)C1CCCCC1)C1Cc2ccccc2C1. The maximum atomic E-state index is 14.0. The number of carbonyl (C=O) groups excluding carboxylic acids is 2. The van der Waals surface area contributed by atoms with Gasteiger partial charge in [-0.1, -0.05) is 50.5 Å². The number of carbonyl (C=O) groups is 2. The van der Waals surface area contributed by atoms with Crippen LogP contribution in [0.3, 0.4) is 0 Å². The lowest BCUT2D eigenvalue weighted by Crippen LogP contribution is -2.51. The minimum absolute atomic E-state index is 0.114. The molecule has 0 aromatic heterocycles. The predicted molar refractivity (Wildman–Crippen MR) is 136 cm³/mol. The number of nitrogens with one attached hydrogen (secondary N) is 1. The summed E-state index contributed by atoms with van der Waals surface area (Å²) in [6, 6.07) is 9.17. The molecule has 3 aliphatic rings. The summed E-state index contributed by atoms with van der Waals surface area (Å²) in [6.45, 7) is 5.05. The fraction of sp³-hybridized carbons (Fsp3) is 0.714. The van der Waals surface area contributed by atoms with Gasteiger partial charge >= 0.3 is 0 Å². The molecular formula is C28H44N4O2. The third-order valence-corrected chi connectivity index (χ3v) is 8.78. The fourth-order valence-electron chi connectivity index (χ4n) is 6.79. The number of hydrogen-bond donors (Lipinski definition) is 2. The Kier molecular flexibility index (Phi) is 8.65. The van der Waals surface area contributed by atoms with Crippen LogP contribution in [0.2, 0.25) is 0 Å². The number of amides is 2.